The molecule has 21 heavy (non-hydrogen) atoms. The van der Waals surface area contributed by atoms with Crippen molar-refractivity contribution in [2.24, 2.45) is 5.41 Å². The van der Waals surface area contributed by atoms with E-state index in [-0.39, 0.29) is 11.3 Å². The van der Waals surface area contributed by atoms with E-state index >= 15 is 0 Å². The predicted molar refractivity (Wildman–Crippen MR) is 83.7 cm³/mol. The Balaban J connectivity index is 1.98. The summed E-state index contributed by atoms with van der Waals surface area (Å²) in [5, 5.41) is 18.1. The standard InChI is InChI=1S/C16H25BFNO2/c1-16(2)8-6-14(7-9-16)19(3)11-12-4-5-13(17(20)21)10-15(12)18/h4-5,10,14,20-21H,6-9,11H2,1-3H3. The van der Waals surface area contributed by atoms with E-state index in [0.29, 0.717) is 23.6 Å². The number of nitrogens with zero attached hydrogens (tertiary/aromatic N) is 1. The molecular weight excluding hydrogens is 268 g/mol. The quantitative estimate of drug-likeness (QED) is 0.833. The monoisotopic (exact) mass is 293 g/mol. The van der Waals surface area contributed by atoms with E-state index in [9.17, 15) is 4.39 Å². The van der Waals surface area contributed by atoms with E-state index in [4.69, 9.17) is 10.0 Å². The number of rotatable bonds is 4. The van der Waals surface area contributed by atoms with E-state index in [2.05, 4.69) is 18.7 Å². The minimum absolute atomic E-state index is 0.193. The van der Waals surface area contributed by atoms with Gasteiger partial charge in [-0.25, -0.2) is 4.39 Å². The SMILES string of the molecule is CN(Cc1ccc(B(O)O)cc1F)C1CCC(C)(C)CC1. The van der Waals surface area contributed by atoms with Crippen molar-refractivity contribution >= 4 is 12.6 Å². The highest BCUT2D eigenvalue weighted by molar-refractivity contribution is 6.58. The summed E-state index contributed by atoms with van der Waals surface area (Å²) in [7, 11) is 0.420. The molecule has 5 heteroatoms. The van der Waals surface area contributed by atoms with Gasteiger partial charge in [0.05, 0.1) is 0 Å². The number of hydrogen-bond donors (Lipinski definition) is 2. The van der Waals surface area contributed by atoms with Gasteiger partial charge in [0.1, 0.15) is 5.82 Å². The molecule has 0 radical (unpaired) electrons. The first-order valence-corrected chi connectivity index (χ1v) is 7.63. The fraction of sp³-hybridized carbons (Fsp3) is 0.625. The predicted octanol–water partition coefficient (Wildman–Crippen LogP) is 1.91. The topological polar surface area (TPSA) is 43.7 Å². The number of halogens is 1. The van der Waals surface area contributed by atoms with Gasteiger partial charge in [0.15, 0.2) is 0 Å². The highest BCUT2D eigenvalue weighted by atomic mass is 19.1. The van der Waals surface area contributed by atoms with Crippen LogP contribution in [0.2, 0.25) is 0 Å². The lowest BCUT2D eigenvalue weighted by atomic mass is 9.75. The molecule has 0 amide bonds. The highest BCUT2D eigenvalue weighted by Gasteiger charge is 2.29. The molecule has 0 spiro atoms. The molecule has 2 rings (SSSR count). The molecule has 1 saturated carbocycles. The zero-order valence-electron chi connectivity index (χ0n) is 13.1. The largest absolute Gasteiger partial charge is 0.488 e. The highest BCUT2D eigenvalue weighted by Crippen LogP contribution is 2.36. The molecule has 0 saturated heterocycles. The van der Waals surface area contributed by atoms with Gasteiger partial charge in [-0.3, -0.25) is 4.90 Å². The van der Waals surface area contributed by atoms with E-state index < -0.39 is 7.12 Å². The van der Waals surface area contributed by atoms with Crippen LogP contribution in [0.1, 0.15) is 45.1 Å². The van der Waals surface area contributed by atoms with Crippen LogP contribution in [0.25, 0.3) is 0 Å². The maximum Gasteiger partial charge on any atom is 0.488 e. The lowest BCUT2D eigenvalue weighted by molar-refractivity contribution is 0.122. The van der Waals surface area contributed by atoms with E-state index in [1.54, 1.807) is 12.1 Å². The second-order valence-corrected chi connectivity index (χ2v) is 7.04. The van der Waals surface area contributed by atoms with Gasteiger partial charge in [-0.15, -0.1) is 0 Å². The summed E-state index contributed by atoms with van der Waals surface area (Å²) in [5.41, 5.74) is 1.23. The first-order chi connectivity index (χ1) is 9.78. The lowest BCUT2D eigenvalue weighted by Gasteiger charge is -2.38. The van der Waals surface area contributed by atoms with Gasteiger partial charge < -0.3 is 10.0 Å². The summed E-state index contributed by atoms with van der Waals surface area (Å²) >= 11 is 0. The second-order valence-electron chi connectivity index (χ2n) is 7.04. The molecule has 0 heterocycles. The second kappa shape index (κ2) is 6.47. The van der Waals surface area contributed by atoms with Gasteiger partial charge in [0.25, 0.3) is 0 Å². The maximum absolute atomic E-state index is 14.0. The molecule has 116 valence electrons. The van der Waals surface area contributed by atoms with Crippen molar-refractivity contribution in [1.29, 1.82) is 0 Å². The van der Waals surface area contributed by atoms with Crippen LogP contribution < -0.4 is 5.46 Å². The van der Waals surface area contributed by atoms with Gasteiger partial charge in [0, 0.05) is 18.2 Å². The van der Waals surface area contributed by atoms with Crippen molar-refractivity contribution in [1.82, 2.24) is 4.90 Å². The molecule has 0 atom stereocenters. The molecule has 0 aliphatic heterocycles. The van der Waals surface area contributed by atoms with Crippen LogP contribution in [0.15, 0.2) is 18.2 Å². The number of benzene rings is 1. The molecule has 1 aliphatic carbocycles. The Bertz CT molecular complexity index is 483. The Morgan fingerprint density at radius 3 is 2.43 bits per heavy atom. The Labute approximate surface area is 126 Å². The fourth-order valence-corrected chi connectivity index (χ4v) is 3.07. The summed E-state index contributed by atoms with van der Waals surface area (Å²) < 4.78 is 14.0. The molecule has 0 aromatic heterocycles. The third kappa shape index (κ3) is 4.28. The molecule has 1 aliphatic rings. The Morgan fingerprint density at radius 2 is 1.90 bits per heavy atom. The van der Waals surface area contributed by atoms with Crippen molar-refractivity contribution in [3.8, 4) is 0 Å². The van der Waals surface area contributed by atoms with Crippen molar-refractivity contribution in [3.63, 3.8) is 0 Å². The smallest absolute Gasteiger partial charge is 0.423 e. The summed E-state index contributed by atoms with van der Waals surface area (Å²) in [5.74, 6) is -0.372. The average molecular weight is 293 g/mol. The summed E-state index contributed by atoms with van der Waals surface area (Å²) in [6.45, 7) is 5.17. The number of hydrogen-bond acceptors (Lipinski definition) is 3. The molecule has 1 aromatic rings. The minimum Gasteiger partial charge on any atom is -0.423 e. The normalized spacial score (nSPS) is 19.0. The summed E-state index contributed by atoms with van der Waals surface area (Å²) in [4.78, 5) is 2.21. The third-order valence-electron chi connectivity index (χ3n) is 4.73. The lowest BCUT2D eigenvalue weighted by Crippen LogP contribution is -2.37. The molecule has 2 N–H and O–H groups in total. The Hall–Kier alpha value is -0.905. The van der Waals surface area contributed by atoms with Crippen LogP contribution >= 0.6 is 0 Å². The molecular formula is C16H25BFNO2. The van der Waals surface area contributed by atoms with Gasteiger partial charge in [-0.05, 0) is 49.7 Å². The van der Waals surface area contributed by atoms with Crippen LogP contribution in [-0.4, -0.2) is 35.2 Å². The minimum atomic E-state index is -1.62. The summed E-state index contributed by atoms with van der Waals surface area (Å²) in [6.07, 6.45) is 4.72. The molecule has 0 unspecified atom stereocenters. The Morgan fingerprint density at radius 1 is 1.29 bits per heavy atom. The summed E-state index contributed by atoms with van der Waals surface area (Å²) in [6, 6.07) is 4.92. The molecule has 3 nitrogen and oxygen atoms in total. The van der Waals surface area contributed by atoms with Crippen molar-refractivity contribution in [3.05, 3.63) is 29.6 Å². The van der Waals surface area contributed by atoms with Gasteiger partial charge in [0.2, 0.25) is 0 Å². The third-order valence-corrected chi connectivity index (χ3v) is 4.73. The van der Waals surface area contributed by atoms with Gasteiger partial charge in [-0.1, -0.05) is 26.0 Å². The molecule has 1 fully saturated rings. The van der Waals surface area contributed by atoms with Gasteiger partial charge >= 0.3 is 7.12 Å². The van der Waals surface area contributed by atoms with E-state index in [0.717, 1.165) is 12.8 Å². The van der Waals surface area contributed by atoms with Crippen molar-refractivity contribution < 1.29 is 14.4 Å². The Kier molecular flexibility index (Phi) is 5.07. The first-order valence-electron chi connectivity index (χ1n) is 7.63. The van der Waals surface area contributed by atoms with Crippen molar-refractivity contribution in [2.45, 2.75) is 52.1 Å². The average Bonchev–Trinajstić information content (AvgIpc) is 2.40. The maximum atomic E-state index is 14.0. The van der Waals surface area contributed by atoms with Crippen LogP contribution in [-0.2, 0) is 6.54 Å². The van der Waals surface area contributed by atoms with Crippen LogP contribution in [0.4, 0.5) is 4.39 Å². The van der Waals surface area contributed by atoms with Gasteiger partial charge in [-0.2, -0.15) is 0 Å². The molecule has 1 aromatic carbocycles. The first kappa shape index (κ1) is 16.5. The van der Waals surface area contributed by atoms with Crippen LogP contribution in [0, 0.1) is 11.2 Å². The zero-order valence-corrected chi connectivity index (χ0v) is 13.1. The van der Waals surface area contributed by atoms with Crippen LogP contribution in [0.5, 0.6) is 0 Å². The molecule has 0 bridgehead atoms. The fourth-order valence-electron chi connectivity index (χ4n) is 3.07. The zero-order chi connectivity index (χ0) is 15.6. The van der Waals surface area contributed by atoms with Crippen LogP contribution in [0.3, 0.4) is 0 Å². The van der Waals surface area contributed by atoms with Crippen molar-refractivity contribution in [2.75, 3.05) is 7.05 Å². The van der Waals surface area contributed by atoms with E-state index in [1.165, 1.54) is 18.9 Å². The van der Waals surface area contributed by atoms with E-state index in [1.807, 2.05) is 7.05 Å².